The van der Waals surface area contributed by atoms with Crippen LogP contribution in [-0.4, -0.2) is 112 Å². The number of imidazole rings is 1. The number of rotatable bonds is 9. The second-order valence-corrected chi connectivity index (χ2v) is 11.6. The van der Waals surface area contributed by atoms with Crippen LogP contribution in [0.1, 0.15) is 10.4 Å². The fourth-order valence-electron chi connectivity index (χ4n) is 6.28. The van der Waals surface area contributed by atoms with Crippen molar-refractivity contribution in [2.45, 2.75) is 6.54 Å². The number of benzene rings is 1. The number of piperazine rings is 1. The highest BCUT2D eigenvalue weighted by Gasteiger charge is 2.23. The summed E-state index contributed by atoms with van der Waals surface area (Å²) in [5, 5.41) is 7.42. The summed E-state index contributed by atoms with van der Waals surface area (Å²) in [6.45, 7) is 8.00. The third-order valence-electron chi connectivity index (χ3n) is 8.86. The van der Waals surface area contributed by atoms with E-state index in [1.165, 1.54) is 10.6 Å². The standard InChI is InChI=1S/C31H37FN10O4/c1-37-27-25-20-23(26-3-2-16-46-26)36-42(25)30(33)35-28(27)41(31(37)44)13-10-39-8-11-40(12-9-39)24-5-4-21(19-22(24)32)29(43)34-6-7-38-14-17-45-18-15-38/h2-5,16,19-20H,6-15,17-18H2,1H3,(H2,33,35)(H,34,43). The minimum absolute atomic E-state index is 0.173. The summed E-state index contributed by atoms with van der Waals surface area (Å²) >= 11 is 0. The Labute approximate surface area is 263 Å². The number of ether oxygens (including phenoxy) is 1. The molecular weight excluding hydrogens is 595 g/mol. The molecule has 2 aliphatic rings. The molecular formula is C31H37FN10O4. The lowest BCUT2D eigenvalue weighted by Gasteiger charge is -2.36. The Hall–Kier alpha value is -4.73. The number of halogens is 1. The maximum absolute atomic E-state index is 15.2. The van der Waals surface area contributed by atoms with Crippen LogP contribution in [0.2, 0.25) is 0 Å². The zero-order valence-corrected chi connectivity index (χ0v) is 25.7. The number of nitrogens with two attached hydrogens (primary N) is 1. The Morgan fingerprint density at radius 2 is 1.80 bits per heavy atom. The highest BCUT2D eigenvalue weighted by atomic mass is 19.1. The summed E-state index contributed by atoms with van der Waals surface area (Å²) in [4.78, 5) is 37.0. The number of nitrogens with zero attached hydrogens (tertiary/aromatic N) is 8. The Morgan fingerprint density at radius 1 is 1.02 bits per heavy atom. The zero-order chi connectivity index (χ0) is 31.8. The monoisotopic (exact) mass is 632 g/mol. The molecule has 6 heterocycles. The summed E-state index contributed by atoms with van der Waals surface area (Å²) in [5.74, 6) is 0.0695. The lowest BCUT2D eigenvalue weighted by molar-refractivity contribution is 0.0383. The van der Waals surface area contributed by atoms with Gasteiger partial charge in [-0.05, 0) is 36.4 Å². The molecule has 14 nitrogen and oxygen atoms in total. The van der Waals surface area contributed by atoms with Crippen LogP contribution in [-0.2, 0) is 18.3 Å². The summed E-state index contributed by atoms with van der Waals surface area (Å²) in [6, 6.07) is 10.1. The molecule has 0 spiro atoms. The molecule has 2 saturated heterocycles. The van der Waals surface area contributed by atoms with E-state index in [-0.39, 0.29) is 17.5 Å². The number of nitrogens with one attached hydrogen (secondary N) is 1. The van der Waals surface area contributed by atoms with Crippen molar-refractivity contribution in [3.8, 4) is 11.5 Å². The normalized spacial score (nSPS) is 16.5. The predicted molar refractivity (Wildman–Crippen MR) is 170 cm³/mol. The van der Waals surface area contributed by atoms with Crippen molar-refractivity contribution in [2.24, 2.45) is 7.05 Å². The molecule has 0 radical (unpaired) electrons. The van der Waals surface area contributed by atoms with Gasteiger partial charge in [-0.25, -0.2) is 9.18 Å². The van der Waals surface area contributed by atoms with Gasteiger partial charge in [-0.2, -0.15) is 14.6 Å². The molecule has 0 aliphatic carbocycles. The van der Waals surface area contributed by atoms with E-state index < -0.39 is 5.82 Å². The number of aromatic nitrogens is 5. The number of aryl methyl sites for hydroxylation is 1. The molecule has 242 valence electrons. The van der Waals surface area contributed by atoms with Crippen LogP contribution >= 0.6 is 0 Å². The second kappa shape index (κ2) is 12.6. The van der Waals surface area contributed by atoms with Crippen molar-refractivity contribution in [3.05, 3.63) is 64.5 Å². The summed E-state index contributed by atoms with van der Waals surface area (Å²) in [6.07, 6.45) is 1.57. The van der Waals surface area contributed by atoms with E-state index in [1.54, 1.807) is 40.6 Å². The van der Waals surface area contributed by atoms with Crippen LogP contribution in [0.15, 0.2) is 51.9 Å². The third kappa shape index (κ3) is 5.72. The molecule has 15 heteroatoms. The van der Waals surface area contributed by atoms with Gasteiger partial charge >= 0.3 is 5.69 Å². The van der Waals surface area contributed by atoms with E-state index in [2.05, 4.69) is 25.2 Å². The van der Waals surface area contributed by atoms with Gasteiger partial charge in [0.05, 0.1) is 30.7 Å². The van der Waals surface area contributed by atoms with Gasteiger partial charge in [-0.3, -0.25) is 23.7 Å². The van der Waals surface area contributed by atoms with Crippen LogP contribution in [0.3, 0.4) is 0 Å². The van der Waals surface area contributed by atoms with E-state index in [0.717, 1.165) is 19.6 Å². The van der Waals surface area contributed by atoms with E-state index in [9.17, 15) is 9.59 Å². The molecule has 1 amide bonds. The van der Waals surface area contributed by atoms with E-state index >= 15 is 4.39 Å². The highest BCUT2D eigenvalue weighted by Crippen LogP contribution is 2.26. The SMILES string of the molecule is Cn1c(=O)n(CCN2CCN(c3ccc(C(=O)NCCN4CCOCC4)cc3F)CC2)c2nc(N)n3nc(-c4ccco4)cc3c21. The van der Waals surface area contributed by atoms with Gasteiger partial charge in [0.15, 0.2) is 11.4 Å². The highest BCUT2D eigenvalue weighted by molar-refractivity contribution is 5.94. The molecule has 5 aromatic rings. The summed E-state index contributed by atoms with van der Waals surface area (Å²) in [5.41, 5.74) is 9.26. The van der Waals surface area contributed by atoms with E-state index in [1.807, 2.05) is 17.0 Å². The molecule has 4 aromatic heterocycles. The van der Waals surface area contributed by atoms with Crippen molar-refractivity contribution in [1.82, 2.24) is 38.8 Å². The minimum Gasteiger partial charge on any atom is -0.463 e. The number of furan rings is 1. The third-order valence-corrected chi connectivity index (χ3v) is 8.86. The lowest BCUT2D eigenvalue weighted by Crippen LogP contribution is -2.47. The number of morpholine rings is 1. The lowest BCUT2D eigenvalue weighted by atomic mass is 10.1. The maximum Gasteiger partial charge on any atom is 0.330 e. The average molecular weight is 633 g/mol. The summed E-state index contributed by atoms with van der Waals surface area (Å²) in [7, 11) is 1.71. The number of anilines is 2. The first-order chi connectivity index (χ1) is 22.4. The van der Waals surface area contributed by atoms with Crippen LogP contribution < -0.4 is 21.6 Å². The maximum atomic E-state index is 15.2. The first-order valence-electron chi connectivity index (χ1n) is 15.5. The molecule has 1 aromatic carbocycles. The number of hydrogen-bond donors (Lipinski definition) is 2. The van der Waals surface area contributed by atoms with Gasteiger partial charge in [-0.15, -0.1) is 0 Å². The fraction of sp³-hybridized carbons (Fsp3) is 0.419. The van der Waals surface area contributed by atoms with Gasteiger partial charge in [-0.1, -0.05) is 0 Å². The number of carbonyl (C=O) groups is 1. The molecule has 0 unspecified atom stereocenters. The van der Waals surface area contributed by atoms with Crippen LogP contribution in [0, 0.1) is 5.82 Å². The van der Waals surface area contributed by atoms with Crippen molar-refractivity contribution < 1.29 is 18.3 Å². The first kappa shape index (κ1) is 30.0. The number of amides is 1. The van der Waals surface area contributed by atoms with Crippen molar-refractivity contribution in [3.63, 3.8) is 0 Å². The average Bonchev–Trinajstić information content (AvgIpc) is 3.81. The largest absolute Gasteiger partial charge is 0.463 e. The van der Waals surface area contributed by atoms with E-state index in [4.69, 9.17) is 14.9 Å². The molecule has 46 heavy (non-hydrogen) atoms. The molecule has 3 N–H and O–H groups in total. The second-order valence-electron chi connectivity index (χ2n) is 11.6. The number of nitrogen functional groups attached to an aromatic ring is 1. The zero-order valence-electron chi connectivity index (χ0n) is 25.7. The van der Waals surface area contributed by atoms with Gasteiger partial charge in [0.25, 0.3) is 5.91 Å². The fourth-order valence-corrected chi connectivity index (χ4v) is 6.28. The molecule has 2 aliphatic heterocycles. The Kier molecular flexibility index (Phi) is 8.19. The Bertz CT molecular complexity index is 1920. The van der Waals surface area contributed by atoms with Crippen LogP contribution in [0.25, 0.3) is 28.1 Å². The van der Waals surface area contributed by atoms with Crippen LogP contribution in [0.5, 0.6) is 0 Å². The first-order valence-corrected chi connectivity index (χ1v) is 15.5. The van der Waals surface area contributed by atoms with Crippen molar-refractivity contribution >= 4 is 34.2 Å². The number of hydrogen-bond acceptors (Lipinski definition) is 10. The van der Waals surface area contributed by atoms with Crippen LogP contribution in [0.4, 0.5) is 16.0 Å². The van der Waals surface area contributed by atoms with Gasteiger partial charge in [0.2, 0.25) is 5.95 Å². The Morgan fingerprint density at radius 3 is 2.54 bits per heavy atom. The number of fused-ring (bicyclic) bond motifs is 3. The van der Waals surface area contributed by atoms with Gasteiger partial charge in [0, 0.05) is 78.1 Å². The molecule has 0 atom stereocenters. The molecule has 7 rings (SSSR count). The minimum atomic E-state index is -0.415. The van der Waals surface area contributed by atoms with Crippen molar-refractivity contribution in [2.75, 3.05) is 82.8 Å². The molecule has 0 bridgehead atoms. The molecule has 2 fully saturated rings. The van der Waals surface area contributed by atoms with E-state index in [0.29, 0.717) is 98.4 Å². The topological polar surface area (TPSA) is 144 Å². The van der Waals surface area contributed by atoms with Crippen molar-refractivity contribution in [1.29, 1.82) is 0 Å². The quantitative estimate of drug-likeness (QED) is 0.244. The Balaban J connectivity index is 0.973. The van der Waals surface area contributed by atoms with Gasteiger partial charge < -0.3 is 25.1 Å². The predicted octanol–water partition coefficient (Wildman–Crippen LogP) is 1.25. The molecule has 0 saturated carbocycles. The number of carbonyl (C=O) groups excluding carboxylic acids is 1. The smallest absolute Gasteiger partial charge is 0.330 e. The summed E-state index contributed by atoms with van der Waals surface area (Å²) < 4.78 is 30.7. The van der Waals surface area contributed by atoms with Gasteiger partial charge in [0.1, 0.15) is 17.0 Å².